The standard InChI is InChI=1S/C11H17N3O3/c1-14(6-7-4-8(15)5-7)11(17)9-2-3-10(16)13-12-9/h7-8,15H,2-6H2,1H3,(H,13,16). The molecule has 2 rings (SSSR count). The first-order valence-corrected chi connectivity index (χ1v) is 5.85. The molecule has 1 saturated carbocycles. The van der Waals surface area contributed by atoms with Crippen molar-refractivity contribution < 1.29 is 14.7 Å². The molecule has 0 aromatic carbocycles. The highest BCUT2D eigenvalue weighted by atomic mass is 16.3. The summed E-state index contributed by atoms with van der Waals surface area (Å²) >= 11 is 0. The minimum absolute atomic E-state index is 0.133. The number of carbonyl (C=O) groups is 2. The second kappa shape index (κ2) is 4.83. The van der Waals surface area contributed by atoms with E-state index in [4.69, 9.17) is 0 Å². The predicted octanol–water partition coefficient (Wildman–Crippen LogP) is -0.518. The zero-order valence-electron chi connectivity index (χ0n) is 9.85. The Morgan fingerprint density at radius 3 is 2.76 bits per heavy atom. The van der Waals surface area contributed by atoms with Gasteiger partial charge in [0.05, 0.1) is 6.10 Å². The molecule has 6 heteroatoms. The fourth-order valence-electron chi connectivity index (χ4n) is 2.17. The molecule has 1 aliphatic carbocycles. The molecular weight excluding hydrogens is 222 g/mol. The van der Waals surface area contributed by atoms with Crippen LogP contribution in [0.4, 0.5) is 0 Å². The Hall–Kier alpha value is -1.43. The number of hydrogen-bond acceptors (Lipinski definition) is 4. The van der Waals surface area contributed by atoms with Gasteiger partial charge in [-0.25, -0.2) is 5.43 Å². The van der Waals surface area contributed by atoms with Crippen LogP contribution in [-0.4, -0.2) is 47.2 Å². The van der Waals surface area contributed by atoms with Gasteiger partial charge in [0.15, 0.2) is 0 Å². The van der Waals surface area contributed by atoms with Crippen LogP contribution in [0.25, 0.3) is 0 Å². The molecule has 0 spiro atoms. The summed E-state index contributed by atoms with van der Waals surface area (Å²) in [5.41, 5.74) is 2.73. The van der Waals surface area contributed by atoms with E-state index in [1.165, 1.54) is 0 Å². The topological polar surface area (TPSA) is 82.0 Å². The molecule has 0 aromatic heterocycles. The van der Waals surface area contributed by atoms with E-state index in [9.17, 15) is 14.7 Å². The van der Waals surface area contributed by atoms with Crippen LogP contribution >= 0.6 is 0 Å². The normalized spacial score (nSPS) is 27.9. The number of carbonyl (C=O) groups excluding carboxylic acids is 2. The Morgan fingerprint density at radius 2 is 2.24 bits per heavy atom. The summed E-state index contributed by atoms with van der Waals surface area (Å²) in [6.45, 7) is 0.642. The lowest BCUT2D eigenvalue weighted by Crippen LogP contribution is -2.43. The maximum atomic E-state index is 11.9. The van der Waals surface area contributed by atoms with Gasteiger partial charge in [0, 0.05) is 26.4 Å². The quantitative estimate of drug-likeness (QED) is 0.695. The second-order valence-corrected chi connectivity index (χ2v) is 4.77. The highest BCUT2D eigenvalue weighted by molar-refractivity contribution is 6.39. The molecule has 1 aliphatic heterocycles. The molecule has 1 heterocycles. The first-order chi connectivity index (χ1) is 8.06. The van der Waals surface area contributed by atoms with Crippen molar-refractivity contribution >= 4 is 17.5 Å². The molecule has 2 amide bonds. The van der Waals surface area contributed by atoms with E-state index in [0.717, 1.165) is 12.8 Å². The van der Waals surface area contributed by atoms with Gasteiger partial charge in [-0.15, -0.1) is 0 Å². The highest BCUT2D eigenvalue weighted by Gasteiger charge is 2.30. The van der Waals surface area contributed by atoms with Crippen LogP contribution in [-0.2, 0) is 9.59 Å². The maximum Gasteiger partial charge on any atom is 0.269 e. The van der Waals surface area contributed by atoms with Crippen molar-refractivity contribution in [1.29, 1.82) is 0 Å². The van der Waals surface area contributed by atoms with Crippen LogP contribution in [0.2, 0.25) is 0 Å². The van der Waals surface area contributed by atoms with Crippen molar-refractivity contribution in [3.63, 3.8) is 0 Å². The molecule has 1 fully saturated rings. The Kier molecular flexibility index (Phi) is 3.42. The van der Waals surface area contributed by atoms with Gasteiger partial charge in [-0.05, 0) is 18.8 Å². The van der Waals surface area contributed by atoms with E-state index >= 15 is 0 Å². The molecule has 0 saturated heterocycles. The number of aliphatic hydroxyl groups is 1. The Labute approximate surface area is 99.7 Å². The SMILES string of the molecule is CN(CC1CC(O)C1)C(=O)C1=NNC(=O)CC1. The third-order valence-electron chi connectivity index (χ3n) is 3.24. The summed E-state index contributed by atoms with van der Waals surface area (Å²) in [5, 5.41) is 12.9. The number of aliphatic hydroxyl groups excluding tert-OH is 1. The van der Waals surface area contributed by atoms with Crippen molar-refractivity contribution in [1.82, 2.24) is 10.3 Å². The minimum atomic E-state index is -0.199. The van der Waals surface area contributed by atoms with Crippen LogP contribution in [0.3, 0.4) is 0 Å². The molecule has 0 radical (unpaired) electrons. The van der Waals surface area contributed by atoms with E-state index in [1.807, 2.05) is 0 Å². The van der Waals surface area contributed by atoms with Crippen molar-refractivity contribution in [3.05, 3.63) is 0 Å². The summed E-state index contributed by atoms with van der Waals surface area (Å²) in [7, 11) is 1.73. The van der Waals surface area contributed by atoms with Crippen LogP contribution in [0.15, 0.2) is 5.10 Å². The van der Waals surface area contributed by atoms with Crippen LogP contribution in [0.1, 0.15) is 25.7 Å². The van der Waals surface area contributed by atoms with Crippen LogP contribution in [0.5, 0.6) is 0 Å². The first kappa shape index (κ1) is 12.0. The summed E-state index contributed by atoms with van der Waals surface area (Å²) in [6, 6.07) is 0. The number of nitrogens with zero attached hydrogens (tertiary/aromatic N) is 2. The maximum absolute atomic E-state index is 11.9. The fourth-order valence-corrected chi connectivity index (χ4v) is 2.17. The lowest BCUT2D eigenvalue weighted by atomic mass is 9.82. The predicted molar refractivity (Wildman–Crippen MR) is 61.2 cm³/mol. The third kappa shape index (κ3) is 2.82. The third-order valence-corrected chi connectivity index (χ3v) is 3.24. The van der Waals surface area contributed by atoms with E-state index in [0.29, 0.717) is 31.0 Å². The molecule has 2 aliphatic rings. The van der Waals surface area contributed by atoms with Crippen molar-refractivity contribution in [2.24, 2.45) is 11.0 Å². The van der Waals surface area contributed by atoms with Gasteiger partial charge in [0.25, 0.3) is 5.91 Å². The minimum Gasteiger partial charge on any atom is -0.393 e. The summed E-state index contributed by atoms with van der Waals surface area (Å²) in [5.74, 6) is 0.107. The Morgan fingerprint density at radius 1 is 1.53 bits per heavy atom. The molecule has 6 nitrogen and oxygen atoms in total. The van der Waals surface area contributed by atoms with E-state index in [2.05, 4.69) is 10.5 Å². The molecule has 17 heavy (non-hydrogen) atoms. The zero-order chi connectivity index (χ0) is 12.4. The largest absolute Gasteiger partial charge is 0.393 e. The first-order valence-electron chi connectivity index (χ1n) is 5.85. The van der Waals surface area contributed by atoms with Gasteiger partial charge in [-0.1, -0.05) is 0 Å². The lowest BCUT2D eigenvalue weighted by Gasteiger charge is -2.34. The molecule has 2 N–H and O–H groups in total. The molecule has 0 aromatic rings. The van der Waals surface area contributed by atoms with E-state index < -0.39 is 0 Å². The molecule has 94 valence electrons. The Balaban J connectivity index is 1.84. The number of nitrogens with one attached hydrogen (secondary N) is 1. The van der Waals surface area contributed by atoms with Gasteiger partial charge in [-0.2, -0.15) is 5.10 Å². The smallest absolute Gasteiger partial charge is 0.269 e. The van der Waals surface area contributed by atoms with E-state index in [1.54, 1.807) is 11.9 Å². The fraction of sp³-hybridized carbons (Fsp3) is 0.727. The highest BCUT2D eigenvalue weighted by Crippen LogP contribution is 2.27. The van der Waals surface area contributed by atoms with Crippen molar-refractivity contribution in [2.75, 3.05) is 13.6 Å². The van der Waals surface area contributed by atoms with Gasteiger partial charge < -0.3 is 10.0 Å². The summed E-state index contributed by atoms with van der Waals surface area (Å²) < 4.78 is 0. The van der Waals surface area contributed by atoms with Crippen LogP contribution in [0, 0.1) is 5.92 Å². The monoisotopic (exact) mass is 239 g/mol. The molecule has 0 unspecified atom stereocenters. The van der Waals surface area contributed by atoms with Gasteiger partial charge >= 0.3 is 0 Å². The number of amides is 2. The molecular formula is C11H17N3O3. The van der Waals surface area contributed by atoms with Crippen molar-refractivity contribution in [3.8, 4) is 0 Å². The van der Waals surface area contributed by atoms with Gasteiger partial charge in [0.1, 0.15) is 5.71 Å². The number of rotatable bonds is 3. The average molecular weight is 239 g/mol. The lowest BCUT2D eigenvalue weighted by molar-refractivity contribution is -0.125. The van der Waals surface area contributed by atoms with Gasteiger partial charge in [-0.3, -0.25) is 9.59 Å². The van der Waals surface area contributed by atoms with Crippen molar-refractivity contribution in [2.45, 2.75) is 31.8 Å². The zero-order valence-corrected chi connectivity index (χ0v) is 9.85. The summed E-state index contributed by atoms with van der Waals surface area (Å²) in [4.78, 5) is 24.5. The number of hydrogen-bond donors (Lipinski definition) is 2. The number of hydrazone groups is 1. The summed E-state index contributed by atoms with van der Waals surface area (Å²) in [6.07, 6.45) is 2.06. The van der Waals surface area contributed by atoms with Crippen LogP contribution < -0.4 is 5.43 Å². The average Bonchev–Trinajstić information content (AvgIpc) is 2.27. The second-order valence-electron chi connectivity index (χ2n) is 4.77. The van der Waals surface area contributed by atoms with Gasteiger partial charge in [0.2, 0.25) is 5.91 Å². The molecule has 0 atom stereocenters. The Bertz CT molecular complexity index is 361. The van der Waals surface area contributed by atoms with E-state index in [-0.39, 0.29) is 17.9 Å². The molecule has 0 bridgehead atoms.